The molecule has 0 bridgehead atoms. The summed E-state index contributed by atoms with van der Waals surface area (Å²) < 4.78 is 39.8. The van der Waals surface area contributed by atoms with E-state index in [4.69, 9.17) is 10.9 Å². The number of rotatable bonds is 8. The fourth-order valence-corrected chi connectivity index (χ4v) is 1.74. The van der Waals surface area contributed by atoms with Crippen LogP contribution in [0.3, 0.4) is 0 Å². The van der Waals surface area contributed by atoms with Crippen LogP contribution in [0.4, 0.5) is 13.2 Å². The Labute approximate surface area is 115 Å². The van der Waals surface area contributed by atoms with Gasteiger partial charge in [-0.05, 0) is 12.8 Å². The molecule has 0 radical (unpaired) electrons. The number of hydrogen-bond acceptors (Lipinski definition) is 4. The normalized spacial score (nSPS) is 13.3. The zero-order chi connectivity index (χ0) is 15.8. The van der Waals surface area contributed by atoms with Crippen LogP contribution in [0.15, 0.2) is 5.16 Å². The fourth-order valence-electron chi connectivity index (χ4n) is 1.74. The number of nitrogens with zero attached hydrogens (tertiary/aromatic N) is 1. The van der Waals surface area contributed by atoms with E-state index in [0.717, 1.165) is 0 Å². The van der Waals surface area contributed by atoms with E-state index in [1.54, 1.807) is 13.8 Å². The predicted molar refractivity (Wildman–Crippen MR) is 66.3 cm³/mol. The van der Waals surface area contributed by atoms with Gasteiger partial charge in [0.25, 0.3) is 0 Å². The van der Waals surface area contributed by atoms with Gasteiger partial charge in [-0.3, -0.25) is 4.79 Å². The highest BCUT2D eigenvalue weighted by Gasteiger charge is 2.39. The Bertz CT molecular complexity index is 342. The van der Waals surface area contributed by atoms with E-state index in [-0.39, 0.29) is 19.0 Å². The number of carbonyl (C=O) groups is 1. The first-order valence-corrected chi connectivity index (χ1v) is 6.14. The van der Waals surface area contributed by atoms with E-state index < -0.39 is 24.1 Å². The van der Waals surface area contributed by atoms with Crippen LogP contribution in [-0.4, -0.2) is 42.9 Å². The number of alkyl halides is 3. The van der Waals surface area contributed by atoms with Crippen LogP contribution in [0, 0.1) is 5.41 Å². The van der Waals surface area contributed by atoms with Gasteiger partial charge >= 0.3 is 6.18 Å². The van der Waals surface area contributed by atoms with Crippen LogP contribution in [0.25, 0.3) is 0 Å². The van der Waals surface area contributed by atoms with Crippen LogP contribution in [-0.2, 0) is 9.53 Å². The molecule has 1 amide bonds. The van der Waals surface area contributed by atoms with Crippen molar-refractivity contribution in [2.75, 3.05) is 19.8 Å². The number of nitrogens with one attached hydrogen (secondary N) is 1. The van der Waals surface area contributed by atoms with Crippen molar-refractivity contribution in [3.8, 4) is 0 Å². The van der Waals surface area contributed by atoms with Crippen molar-refractivity contribution < 1.29 is 27.9 Å². The van der Waals surface area contributed by atoms with Crippen LogP contribution >= 0.6 is 0 Å². The molecule has 0 aliphatic rings. The van der Waals surface area contributed by atoms with Gasteiger partial charge < -0.3 is 21.0 Å². The Morgan fingerprint density at radius 3 is 2.30 bits per heavy atom. The number of amides is 1. The summed E-state index contributed by atoms with van der Waals surface area (Å²) in [5.74, 6) is -0.732. The highest BCUT2D eigenvalue weighted by atomic mass is 19.4. The van der Waals surface area contributed by atoms with Crippen molar-refractivity contribution in [2.45, 2.75) is 32.9 Å². The number of hydrogen-bond donors (Lipinski definition) is 3. The fraction of sp³-hybridized carbons (Fsp3) is 0.818. The average Bonchev–Trinajstić information content (AvgIpc) is 2.38. The Morgan fingerprint density at radius 1 is 1.35 bits per heavy atom. The second kappa shape index (κ2) is 7.93. The molecule has 0 rings (SSSR count). The lowest BCUT2D eigenvalue weighted by atomic mass is 9.80. The zero-order valence-corrected chi connectivity index (χ0v) is 11.5. The first-order chi connectivity index (χ1) is 9.23. The minimum Gasteiger partial charge on any atom is -0.409 e. The van der Waals surface area contributed by atoms with Gasteiger partial charge in [0.2, 0.25) is 5.91 Å². The lowest BCUT2D eigenvalue weighted by Crippen LogP contribution is -2.49. The Hall–Kier alpha value is -1.51. The molecule has 0 unspecified atom stereocenters. The molecule has 118 valence electrons. The minimum atomic E-state index is -4.39. The van der Waals surface area contributed by atoms with Gasteiger partial charge in [-0.15, -0.1) is 0 Å². The largest absolute Gasteiger partial charge is 0.411 e. The molecule has 4 N–H and O–H groups in total. The SMILES string of the molecule is CCC(CC)(C(=O)NCCOCC(F)(F)F)C(N)=NO. The first kappa shape index (κ1) is 18.5. The summed E-state index contributed by atoms with van der Waals surface area (Å²) in [7, 11) is 0. The van der Waals surface area contributed by atoms with Crippen LogP contribution < -0.4 is 11.1 Å². The van der Waals surface area contributed by atoms with E-state index in [1.165, 1.54) is 0 Å². The lowest BCUT2D eigenvalue weighted by Gasteiger charge is -2.28. The van der Waals surface area contributed by atoms with Gasteiger partial charge in [-0.25, -0.2) is 0 Å². The zero-order valence-electron chi connectivity index (χ0n) is 11.5. The van der Waals surface area contributed by atoms with Gasteiger partial charge in [0.15, 0.2) is 5.84 Å². The second-order valence-corrected chi connectivity index (χ2v) is 4.20. The number of carbonyl (C=O) groups excluding carboxylic acids is 1. The first-order valence-electron chi connectivity index (χ1n) is 6.14. The molecule has 0 atom stereocenters. The number of halogens is 3. The van der Waals surface area contributed by atoms with Gasteiger partial charge in [-0.2, -0.15) is 13.2 Å². The lowest BCUT2D eigenvalue weighted by molar-refractivity contribution is -0.173. The molecule has 0 saturated carbocycles. The molecule has 6 nitrogen and oxygen atoms in total. The minimum absolute atomic E-state index is 0.0879. The summed E-state index contributed by atoms with van der Waals surface area (Å²) in [6.07, 6.45) is -3.79. The topological polar surface area (TPSA) is 96.9 Å². The van der Waals surface area contributed by atoms with E-state index >= 15 is 0 Å². The third kappa shape index (κ3) is 5.24. The summed E-state index contributed by atoms with van der Waals surface area (Å²) in [5.41, 5.74) is 4.35. The molecule has 0 aromatic heterocycles. The van der Waals surface area contributed by atoms with Crippen molar-refractivity contribution in [3.63, 3.8) is 0 Å². The van der Waals surface area contributed by atoms with Crippen LogP contribution in [0.1, 0.15) is 26.7 Å². The van der Waals surface area contributed by atoms with Crippen LogP contribution in [0.2, 0.25) is 0 Å². The highest BCUT2D eigenvalue weighted by molar-refractivity contribution is 6.06. The van der Waals surface area contributed by atoms with Crippen molar-refractivity contribution in [1.29, 1.82) is 0 Å². The van der Waals surface area contributed by atoms with Crippen molar-refractivity contribution >= 4 is 11.7 Å². The van der Waals surface area contributed by atoms with Gasteiger partial charge in [-0.1, -0.05) is 19.0 Å². The predicted octanol–water partition coefficient (Wildman–Crippen LogP) is 1.23. The van der Waals surface area contributed by atoms with E-state index in [2.05, 4.69) is 15.2 Å². The van der Waals surface area contributed by atoms with E-state index in [0.29, 0.717) is 12.8 Å². The molecule has 0 aromatic rings. The third-order valence-corrected chi connectivity index (χ3v) is 3.04. The number of amidine groups is 1. The molecule has 20 heavy (non-hydrogen) atoms. The molecular weight excluding hydrogens is 279 g/mol. The maximum Gasteiger partial charge on any atom is 0.411 e. The third-order valence-electron chi connectivity index (χ3n) is 3.04. The number of nitrogens with two attached hydrogens (primary N) is 1. The molecule has 0 aromatic carbocycles. The smallest absolute Gasteiger partial charge is 0.409 e. The van der Waals surface area contributed by atoms with E-state index in [1.807, 2.05) is 0 Å². The van der Waals surface area contributed by atoms with Crippen molar-refractivity contribution in [3.05, 3.63) is 0 Å². The maximum absolute atomic E-state index is 12.0. The molecule has 0 aliphatic heterocycles. The number of oxime groups is 1. The Balaban J connectivity index is 4.37. The quantitative estimate of drug-likeness (QED) is 0.206. The summed E-state index contributed by atoms with van der Waals surface area (Å²) in [6, 6.07) is 0. The summed E-state index contributed by atoms with van der Waals surface area (Å²) >= 11 is 0. The Morgan fingerprint density at radius 2 is 1.90 bits per heavy atom. The molecule has 0 fully saturated rings. The second-order valence-electron chi connectivity index (χ2n) is 4.20. The monoisotopic (exact) mass is 299 g/mol. The van der Waals surface area contributed by atoms with Crippen molar-refractivity contribution in [2.24, 2.45) is 16.3 Å². The molecule has 9 heteroatoms. The van der Waals surface area contributed by atoms with Gasteiger partial charge in [0, 0.05) is 6.54 Å². The molecule has 0 spiro atoms. The molecule has 0 heterocycles. The Kier molecular flexibility index (Phi) is 7.33. The molecule has 0 aliphatic carbocycles. The molecular formula is C11H20F3N3O3. The average molecular weight is 299 g/mol. The maximum atomic E-state index is 12.0. The highest BCUT2D eigenvalue weighted by Crippen LogP contribution is 2.26. The van der Waals surface area contributed by atoms with Crippen molar-refractivity contribution in [1.82, 2.24) is 5.32 Å². The van der Waals surface area contributed by atoms with Crippen LogP contribution in [0.5, 0.6) is 0 Å². The summed E-state index contributed by atoms with van der Waals surface area (Å²) in [4.78, 5) is 12.0. The van der Waals surface area contributed by atoms with E-state index in [9.17, 15) is 18.0 Å². The van der Waals surface area contributed by atoms with Gasteiger partial charge in [0.05, 0.1) is 6.61 Å². The standard InChI is InChI=1S/C11H20F3N3O3/c1-3-10(4-2,8(15)17-19)9(18)16-5-6-20-7-11(12,13)14/h19H,3-7H2,1-2H3,(H2,15,17)(H,16,18). The summed E-state index contributed by atoms with van der Waals surface area (Å²) in [6.45, 7) is 1.67. The summed E-state index contributed by atoms with van der Waals surface area (Å²) in [5, 5.41) is 14.0. The van der Waals surface area contributed by atoms with Gasteiger partial charge in [0.1, 0.15) is 12.0 Å². The molecule has 0 saturated heterocycles. The number of ether oxygens (including phenoxy) is 1.